The zero-order chi connectivity index (χ0) is 13.7. The van der Waals surface area contributed by atoms with Gasteiger partial charge in [-0.3, -0.25) is 9.89 Å². The summed E-state index contributed by atoms with van der Waals surface area (Å²) < 4.78 is 0. The predicted molar refractivity (Wildman–Crippen MR) is 77.0 cm³/mol. The van der Waals surface area contributed by atoms with Crippen LogP contribution in [0.3, 0.4) is 0 Å². The number of primary amides is 1. The van der Waals surface area contributed by atoms with Gasteiger partial charge in [-0.05, 0) is 19.1 Å². The Bertz CT molecular complexity index is 567. The number of carbonyl (C=O) groups is 1. The van der Waals surface area contributed by atoms with Crippen molar-refractivity contribution in [3.05, 3.63) is 41.7 Å². The van der Waals surface area contributed by atoms with Crippen molar-refractivity contribution in [2.24, 2.45) is 5.73 Å². The van der Waals surface area contributed by atoms with E-state index in [9.17, 15) is 4.79 Å². The number of nitrogens with two attached hydrogens (primary N) is 1. The van der Waals surface area contributed by atoms with Crippen molar-refractivity contribution in [3.63, 3.8) is 0 Å². The molecule has 1 heterocycles. The molecular formula is C13H16N4OS. The second-order valence-corrected chi connectivity index (χ2v) is 5.14. The molecule has 1 aromatic heterocycles. The number of hydrogen-bond donors (Lipinski definition) is 3. The van der Waals surface area contributed by atoms with Gasteiger partial charge in [0.1, 0.15) is 0 Å². The van der Waals surface area contributed by atoms with Crippen LogP contribution in [0, 0.1) is 6.92 Å². The summed E-state index contributed by atoms with van der Waals surface area (Å²) in [6, 6.07) is 7.85. The summed E-state index contributed by atoms with van der Waals surface area (Å²) in [6.45, 7) is 2.67. The molecule has 0 atom stereocenters. The Morgan fingerprint density at radius 2 is 2.26 bits per heavy atom. The van der Waals surface area contributed by atoms with Gasteiger partial charge in [0.15, 0.2) is 0 Å². The van der Waals surface area contributed by atoms with E-state index in [2.05, 4.69) is 15.5 Å². The average Bonchev–Trinajstić information content (AvgIpc) is 2.80. The first-order valence-corrected chi connectivity index (χ1v) is 6.88. The lowest BCUT2D eigenvalue weighted by molar-refractivity contribution is -0.115. The summed E-state index contributed by atoms with van der Waals surface area (Å²) in [5.41, 5.74) is 8.33. The van der Waals surface area contributed by atoms with Gasteiger partial charge >= 0.3 is 0 Å². The fourth-order valence-corrected chi connectivity index (χ4v) is 2.40. The van der Waals surface area contributed by atoms with E-state index in [0.29, 0.717) is 6.54 Å². The van der Waals surface area contributed by atoms with Crippen LogP contribution in [-0.2, 0) is 11.3 Å². The van der Waals surface area contributed by atoms with Crippen LogP contribution in [0.1, 0.15) is 11.3 Å². The molecule has 0 unspecified atom stereocenters. The molecule has 1 aromatic carbocycles. The number of anilines is 1. The summed E-state index contributed by atoms with van der Waals surface area (Å²) in [4.78, 5) is 11.9. The van der Waals surface area contributed by atoms with Gasteiger partial charge in [0.2, 0.25) is 5.91 Å². The third-order valence-electron chi connectivity index (χ3n) is 2.66. The van der Waals surface area contributed by atoms with Crippen LogP contribution >= 0.6 is 11.8 Å². The Labute approximate surface area is 116 Å². The number of benzene rings is 1. The molecule has 0 aliphatic heterocycles. The van der Waals surface area contributed by atoms with Crippen molar-refractivity contribution in [2.75, 3.05) is 11.1 Å². The summed E-state index contributed by atoms with van der Waals surface area (Å²) in [5, 5.41) is 10.2. The van der Waals surface area contributed by atoms with E-state index in [1.807, 2.05) is 37.4 Å². The maximum absolute atomic E-state index is 10.8. The van der Waals surface area contributed by atoms with E-state index in [4.69, 9.17) is 5.73 Å². The minimum Gasteiger partial charge on any atom is -0.380 e. The van der Waals surface area contributed by atoms with Gasteiger partial charge in [-0.2, -0.15) is 5.10 Å². The standard InChI is InChI=1S/C13H16N4OS/c1-9-10(7-16-17-9)6-15-11-4-2-3-5-12(11)19-8-13(14)18/h2-5,7,15H,6,8H2,1H3,(H2,14,18)(H,16,17). The van der Waals surface area contributed by atoms with E-state index in [1.165, 1.54) is 11.8 Å². The van der Waals surface area contributed by atoms with E-state index in [1.54, 1.807) is 0 Å². The number of carbonyl (C=O) groups excluding carboxylic acids is 1. The number of nitrogens with zero attached hydrogens (tertiary/aromatic N) is 1. The number of amides is 1. The van der Waals surface area contributed by atoms with Gasteiger partial charge in [-0.15, -0.1) is 11.8 Å². The lowest BCUT2D eigenvalue weighted by atomic mass is 10.2. The Morgan fingerprint density at radius 1 is 1.47 bits per heavy atom. The molecular weight excluding hydrogens is 260 g/mol. The third-order valence-corrected chi connectivity index (χ3v) is 3.76. The number of nitrogens with one attached hydrogen (secondary N) is 2. The molecule has 0 fully saturated rings. The molecule has 2 rings (SSSR count). The van der Waals surface area contributed by atoms with Crippen molar-refractivity contribution >= 4 is 23.4 Å². The molecule has 100 valence electrons. The van der Waals surface area contributed by atoms with Gasteiger partial charge in [0.25, 0.3) is 0 Å². The van der Waals surface area contributed by atoms with Gasteiger partial charge in [0, 0.05) is 28.4 Å². The van der Waals surface area contributed by atoms with Crippen molar-refractivity contribution in [1.82, 2.24) is 10.2 Å². The highest BCUT2D eigenvalue weighted by Gasteiger charge is 2.05. The summed E-state index contributed by atoms with van der Waals surface area (Å²) >= 11 is 1.44. The number of aromatic nitrogens is 2. The van der Waals surface area contributed by atoms with E-state index < -0.39 is 0 Å². The quantitative estimate of drug-likeness (QED) is 0.704. The second-order valence-electron chi connectivity index (χ2n) is 4.12. The molecule has 0 bridgehead atoms. The Morgan fingerprint density at radius 3 is 2.95 bits per heavy atom. The lowest BCUT2D eigenvalue weighted by Gasteiger charge is -2.10. The van der Waals surface area contributed by atoms with Gasteiger partial charge < -0.3 is 11.1 Å². The van der Waals surface area contributed by atoms with Crippen LogP contribution in [0.25, 0.3) is 0 Å². The Kier molecular flexibility index (Phi) is 4.46. The minimum atomic E-state index is -0.314. The topological polar surface area (TPSA) is 83.8 Å². The van der Waals surface area contributed by atoms with E-state index in [0.717, 1.165) is 21.8 Å². The molecule has 5 nitrogen and oxygen atoms in total. The number of para-hydroxylation sites is 1. The number of H-pyrrole nitrogens is 1. The largest absolute Gasteiger partial charge is 0.380 e. The van der Waals surface area contributed by atoms with Crippen LogP contribution in [-0.4, -0.2) is 21.9 Å². The molecule has 6 heteroatoms. The summed E-state index contributed by atoms with van der Waals surface area (Å²) in [6.07, 6.45) is 1.81. The number of rotatable bonds is 6. The maximum atomic E-state index is 10.8. The highest BCUT2D eigenvalue weighted by molar-refractivity contribution is 8.00. The fourth-order valence-electron chi connectivity index (χ4n) is 1.63. The summed E-state index contributed by atoms with van der Waals surface area (Å²) in [7, 11) is 0. The molecule has 19 heavy (non-hydrogen) atoms. The number of aryl methyl sites for hydroxylation is 1. The van der Waals surface area contributed by atoms with Crippen LogP contribution < -0.4 is 11.1 Å². The van der Waals surface area contributed by atoms with Crippen molar-refractivity contribution < 1.29 is 4.79 Å². The molecule has 0 aliphatic carbocycles. The molecule has 0 spiro atoms. The average molecular weight is 276 g/mol. The van der Waals surface area contributed by atoms with Crippen molar-refractivity contribution in [2.45, 2.75) is 18.4 Å². The van der Waals surface area contributed by atoms with Gasteiger partial charge in [0.05, 0.1) is 11.9 Å². The highest BCUT2D eigenvalue weighted by Crippen LogP contribution is 2.27. The monoisotopic (exact) mass is 276 g/mol. The summed E-state index contributed by atoms with van der Waals surface area (Å²) in [5.74, 6) is -0.0332. The van der Waals surface area contributed by atoms with E-state index in [-0.39, 0.29) is 11.7 Å². The maximum Gasteiger partial charge on any atom is 0.227 e. The first kappa shape index (κ1) is 13.5. The predicted octanol–water partition coefficient (Wildman–Crippen LogP) is 1.91. The minimum absolute atomic E-state index is 0.281. The van der Waals surface area contributed by atoms with E-state index >= 15 is 0 Å². The van der Waals surface area contributed by atoms with Crippen molar-refractivity contribution in [1.29, 1.82) is 0 Å². The first-order chi connectivity index (χ1) is 9.16. The molecule has 1 amide bonds. The molecule has 0 radical (unpaired) electrons. The third kappa shape index (κ3) is 3.75. The van der Waals surface area contributed by atoms with Crippen LogP contribution in [0.2, 0.25) is 0 Å². The molecule has 4 N–H and O–H groups in total. The zero-order valence-corrected chi connectivity index (χ0v) is 11.5. The van der Waals surface area contributed by atoms with Crippen LogP contribution in [0.15, 0.2) is 35.4 Å². The SMILES string of the molecule is Cc1[nH]ncc1CNc1ccccc1SCC(N)=O. The lowest BCUT2D eigenvalue weighted by Crippen LogP contribution is -2.13. The highest BCUT2D eigenvalue weighted by atomic mass is 32.2. The Balaban J connectivity index is 2.03. The fraction of sp³-hybridized carbons (Fsp3) is 0.231. The van der Waals surface area contributed by atoms with Gasteiger partial charge in [-0.1, -0.05) is 12.1 Å². The van der Waals surface area contributed by atoms with Crippen molar-refractivity contribution in [3.8, 4) is 0 Å². The molecule has 0 aliphatic rings. The second kappa shape index (κ2) is 6.29. The first-order valence-electron chi connectivity index (χ1n) is 5.89. The number of aromatic amines is 1. The van der Waals surface area contributed by atoms with Crippen LogP contribution in [0.4, 0.5) is 5.69 Å². The molecule has 0 saturated carbocycles. The number of thioether (sulfide) groups is 1. The van der Waals surface area contributed by atoms with Crippen LogP contribution in [0.5, 0.6) is 0 Å². The normalized spacial score (nSPS) is 10.4. The number of hydrogen-bond acceptors (Lipinski definition) is 4. The van der Waals surface area contributed by atoms with Gasteiger partial charge in [-0.25, -0.2) is 0 Å². The Hall–Kier alpha value is -1.95. The molecule has 0 saturated heterocycles. The smallest absolute Gasteiger partial charge is 0.227 e. The zero-order valence-electron chi connectivity index (χ0n) is 10.6. The molecule has 2 aromatic rings.